The molecule has 0 aliphatic carbocycles. The van der Waals surface area contributed by atoms with Gasteiger partial charge < -0.3 is 10.6 Å². The normalized spacial score (nSPS) is 11.2. The van der Waals surface area contributed by atoms with Gasteiger partial charge in [0.05, 0.1) is 10.6 Å². The Morgan fingerprint density at radius 3 is 2.25 bits per heavy atom. The fraction of sp³-hybridized carbons (Fsp3) is 0.278. The van der Waals surface area contributed by atoms with Gasteiger partial charge in [-0.2, -0.15) is 0 Å². The number of hydrogen-bond acceptors (Lipinski definition) is 4. The minimum atomic E-state index is -3.42. The Kier molecular flexibility index (Phi) is 6.52. The van der Waals surface area contributed by atoms with E-state index in [0.29, 0.717) is 18.7 Å². The third-order valence-electron chi connectivity index (χ3n) is 3.51. The van der Waals surface area contributed by atoms with Gasteiger partial charge in [0.25, 0.3) is 5.91 Å². The fourth-order valence-corrected chi connectivity index (χ4v) is 3.58. The predicted octanol–water partition coefficient (Wildman–Crippen LogP) is 2.00. The van der Waals surface area contributed by atoms with Crippen molar-refractivity contribution in [3.63, 3.8) is 0 Å². The number of sulfone groups is 1. The van der Waals surface area contributed by atoms with Crippen molar-refractivity contribution in [3.05, 3.63) is 65.7 Å². The van der Waals surface area contributed by atoms with Gasteiger partial charge in [-0.25, -0.2) is 8.42 Å². The van der Waals surface area contributed by atoms with Crippen LogP contribution in [0.2, 0.25) is 0 Å². The highest BCUT2D eigenvalue weighted by atomic mass is 32.2. The first-order chi connectivity index (χ1) is 11.5. The lowest BCUT2D eigenvalue weighted by Gasteiger charge is -2.08. The zero-order valence-electron chi connectivity index (χ0n) is 13.7. The summed E-state index contributed by atoms with van der Waals surface area (Å²) in [6.07, 6.45) is 0. The van der Waals surface area contributed by atoms with Gasteiger partial charge in [0.2, 0.25) is 0 Å². The number of hydrogen-bond donors (Lipinski definition) is 2. The lowest BCUT2D eigenvalue weighted by molar-refractivity contribution is 0.0954. The van der Waals surface area contributed by atoms with Crippen LogP contribution < -0.4 is 10.6 Å². The first-order valence-electron chi connectivity index (χ1n) is 7.88. The number of carbonyl (C=O) groups is 1. The van der Waals surface area contributed by atoms with E-state index in [1.807, 2.05) is 25.1 Å². The zero-order chi connectivity index (χ0) is 17.4. The maximum Gasteiger partial charge on any atom is 0.251 e. The Hall–Kier alpha value is -2.18. The standard InChI is InChI=1S/C18H22N2O3S/c1-2-19-12-13-20-18(21)16-8-10-17(11-9-16)24(22,23)14-15-6-4-3-5-7-15/h3-11,19H,2,12-14H2,1H3,(H,20,21). The number of benzene rings is 2. The average Bonchev–Trinajstić information content (AvgIpc) is 2.59. The molecule has 2 aromatic carbocycles. The highest BCUT2D eigenvalue weighted by Crippen LogP contribution is 2.17. The van der Waals surface area contributed by atoms with Crippen LogP contribution in [0.15, 0.2) is 59.5 Å². The summed E-state index contributed by atoms with van der Waals surface area (Å²) in [5.74, 6) is -0.262. The molecule has 0 aliphatic rings. The minimum absolute atomic E-state index is 0.0535. The molecule has 5 nitrogen and oxygen atoms in total. The molecular formula is C18H22N2O3S. The summed E-state index contributed by atoms with van der Waals surface area (Å²) in [7, 11) is -3.42. The molecule has 24 heavy (non-hydrogen) atoms. The van der Waals surface area contributed by atoms with E-state index in [0.717, 1.165) is 12.1 Å². The summed E-state index contributed by atoms with van der Waals surface area (Å²) >= 11 is 0. The molecule has 0 aliphatic heterocycles. The summed E-state index contributed by atoms with van der Waals surface area (Å²) in [4.78, 5) is 12.2. The second kappa shape index (κ2) is 8.61. The van der Waals surface area contributed by atoms with E-state index in [4.69, 9.17) is 0 Å². The van der Waals surface area contributed by atoms with Crippen molar-refractivity contribution in [3.8, 4) is 0 Å². The summed E-state index contributed by atoms with van der Waals surface area (Å²) in [6, 6.07) is 15.1. The molecule has 0 bridgehead atoms. The molecule has 0 radical (unpaired) electrons. The lowest BCUT2D eigenvalue weighted by atomic mass is 10.2. The number of likely N-dealkylation sites (N-methyl/N-ethyl adjacent to an activating group) is 1. The van der Waals surface area contributed by atoms with Crippen LogP contribution in [-0.4, -0.2) is 34.0 Å². The van der Waals surface area contributed by atoms with Gasteiger partial charge in [-0.15, -0.1) is 0 Å². The Morgan fingerprint density at radius 2 is 1.62 bits per heavy atom. The molecule has 2 rings (SSSR count). The molecule has 0 spiro atoms. The van der Waals surface area contributed by atoms with E-state index in [9.17, 15) is 13.2 Å². The molecule has 0 saturated carbocycles. The van der Waals surface area contributed by atoms with Crippen LogP contribution in [-0.2, 0) is 15.6 Å². The van der Waals surface area contributed by atoms with Gasteiger partial charge in [0.1, 0.15) is 0 Å². The van der Waals surface area contributed by atoms with Gasteiger partial charge in [-0.3, -0.25) is 4.79 Å². The molecule has 0 unspecified atom stereocenters. The van der Waals surface area contributed by atoms with E-state index < -0.39 is 9.84 Å². The first-order valence-corrected chi connectivity index (χ1v) is 9.54. The summed E-state index contributed by atoms with van der Waals surface area (Å²) in [5, 5.41) is 5.89. The topological polar surface area (TPSA) is 75.3 Å². The second-order valence-corrected chi connectivity index (χ2v) is 7.37. The molecule has 0 atom stereocenters. The second-order valence-electron chi connectivity index (χ2n) is 5.38. The molecule has 0 saturated heterocycles. The smallest absolute Gasteiger partial charge is 0.251 e. The van der Waals surface area contributed by atoms with Crippen molar-refractivity contribution in [1.82, 2.24) is 10.6 Å². The zero-order valence-corrected chi connectivity index (χ0v) is 14.5. The van der Waals surface area contributed by atoms with Crippen molar-refractivity contribution in [2.45, 2.75) is 17.6 Å². The van der Waals surface area contributed by atoms with Crippen molar-refractivity contribution in [2.24, 2.45) is 0 Å². The van der Waals surface area contributed by atoms with Crippen LogP contribution in [0, 0.1) is 0 Å². The molecule has 2 aromatic rings. The number of nitrogens with one attached hydrogen (secondary N) is 2. The number of rotatable bonds is 8. The van der Waals surface area contributed by atoms with Crippen LogP contribution >= 0.6 is 0 Å². The van der Waals surface area contributed by atoms with Crippen LogP contribution in [0.3, 0.4) is 0 Å². The van der Waals surface area contributed by atoms with Gasteiger partial charge >= 0.3 is 0 Å². The fourth-order valence-electron chi connectivity index (χ4n) is 2.23. The lowest BCUT2D eigenvalue weighted by Crippen LogP contribution is -2.31. The third-order valence-corrected chi connectivity index (χ3v) is 5.22. The van der Waals surface area contributed by atoms with Gasteiger partial charge in [0.15, 0.2) is 9.84 Å². The monoisotopic (exact) mass is 346 g/mol. The van der Waals surface area contributed by atoms with Gasteiger partial charge in [0, 0.05) is 18.7 Å². The van der Waals surface area contributed by atoms with E-state index >= 15 is 0 Å². The largest absolute Gasteiger partial charge is 0.351 e. The van der Waals surface area contributed by atoms with Gasteiger partial charge in [-0.1, -0.05) is 37.3 Å². The van der Waals surface area contributed by atoms with Crippen LogP contribution in [0.25, 0.3) is 0 Å². The van der Waals surface area contributed by atoms with Crippen molar-refractivity contribution < 1.29 is 13.2 Å². The van der Waals surface area contributed by atoms with Crippen LogP contribution in [0.4, 0.5) is 0 Å². The van der Waals surface area contributed by atoms with Crippen molar-refractivity contribution in [1.29, 1.82) is 0 Å². The highest BCUT2D eigenvalue weighted by molar-refractivity contribution is 7.90. The quantitative estimate of drug-likeness (QED) is 0.717. The highest BCUT2D eigenvalue weighted by Gasteiger charge is 2.16. The Bertz CT molecular complexity index is 757. The molecule has 2 N–H and O–H groups in total. The molecule has 0 heterocycles. The van der Waals surface area contributed by atoms with Crippen LogP contribution in [0.5, 0.6) is 0 Å². The van der Waals surface area contributed by atoms with E-state index in [1.54, 1.807) is 24.3 Å². The Balaban J connectivity index is 2.01. The summed E-state index contributed by atoms with van der Waals surface area (Å²) in [6.45, 7) is 4.08. The third kappa shape index (κ3) is 5.18. The van der Waals surface area contributed by atoms with Crippen LogP contribution in [0.1, 0.15) is 22.8 Å². The Morgan fingerprint density at radius 1 is 0.958 bits per heavy atom. The average molecular weight is 346 g/mol. The molecular weight excluding hydrogens is 324 g/mol. The maximum absolute atomic E-state index is 12.4. The molecule has 0 aromatic heterocycles. The first kappa shape index (κ1) is 18.2. The molecule has 128 valence electrons. The molecule has 6 heteroatoms. The van der Waals surface area contributed by atoms with E-state index in [2.05, 4.69) is 10.6 Å². The number of carbonyl (C=O) groups excluding carboxylic acids is 1. The van der Waals surface area contributed by atoms with Gasteiger partial charge in [-0.05, 0) is 36.4 Å². The maximum atomic E-state index is 12.4. The van der Waals surface area contributed by atoms with E-state index in [-0.39, 0.29) is 16.6 Å². The summed E-state index contributed by atoms with van der Waals surface area (Å²) in [5.41, 5.74) is 1.19. The van der Waals surface area contributed by atoms with Crippen molar-refractivity contribution >= 4 is 15.7 Å². The van der Waals surface area contributed by atoms with Crippen molar-refractivity contribution in [2.75, 3.05) is 19.6 Å². The van der Waals surface area contributed by atoms with E-state index in [1.165, 1.54) is 12.1 Å². The number of amides is 1. The minimum Gasteiger partial charge on any atom is -0.351 e. The Labute approximate surface area is 143 Å². The predicted molar refractivity (Wildman–Crippen MR) is 94.7 cm³/mol. The molecule has 0 fully saturated rings. The SMILES string of the molecule is CCNCCNC(=O)c1ccc(S(=O)(=O)Cc2ccccc2)cc1. The summed E-state index contributed by atoms with van der Waals surface area (Å²) < 4.78 is 24.8. The molecule has 1 amide bonds.